The van der Waals surface area contributed by atoms with Crippen molar-refractivity contribution in [1.82, 2.24) is 10.6 Å². The van der Waals surface area contributed by atoms with Crippen LogP contribution in [-0.2, 0) is 4.79 Å². The molecule has 1 heterocycles. The number of nitrogens with one attached hydrogen (secondary N) is 2. The lowest BCUT2D eigenvalue weighted by molar-refractivity contribution is -0.117. The molecular weight excluding hydrogens is 354 g/mol. The van der Waals surface area contributed by atoms with E-state index in [1.54, 1.807) is 4.90 Å². The van der Waals surface area contributed by atoms with Crippen molar-refractivity contribution in [2.45, 2.75) is 65.5 Å². The van der Waals surface area contributed by atoms with Crippen molar-refractivity contribution in [2.75, 3.05) is 18.1 Å². The van der Waals surface area contributed by atoms with Crippen molar-refractivity contribution in [1.29, 1.82) is 0 Å². The van der Waals surface area contributed by atoms with E-state index in [2.05, 4.69) is 31.4 Å². The van der Waals surface area contributed by atoms with Crippen LogP contribution < -0.4 is 20.3 Å². The Bertz CT molecular complexity index is 701. The molecule has 1 saturated carbocycles. The Morgan fingerprint density at radius 1 is 1.18 bits per heavy atom. The van der Waals surface area contributed by atoms with E-state index in [0.717, 1.165) is 24.3 Å². The number of hydrogen-bond donors (Lipinski definition) is 2. The van der Waals surface area contributed by atoms with Gasteiger partial charge >= 0.3 is 6.03 Å². The van der Waals surface area contributed by atoms with Crippen molar-refractivity contribution < 1.29 is 14.3 Å². The number of anilines is 1. The highest BCUT2D eigenvalue weighted by Gasteiger charge is 2.34. The van der Waals surface area contributed by atoms with Gasteiger partial charge < -0.3 is 20.3 Å². The average Bonchev–Trinajstić information content (AvgIpc) is 2.94. The lowest BCUT2D eigenvalue weighted by Gasteiger charge is -2.39. The van der Waals surface area contributed by atoms with Gasteiger partial charge in [0, 0.05) is 24.7 Å². The molecule has 0 radical (unpaired) electrons. The van der Waals surface area contributed by atoms with Crippen molar-refractivity contribution in [2.24, 2.45) is 11.3 Å². The zero-order valence-corrected chi connectivity index (χ0v) is 17.5. The minimum atomic E-state index is -0.173. The maximum absolute atomic E-state index is 12.5. The summed E-state index contributed by atoms with van der Waals surface area (Å²) in [7, 11) is 0. The first kappa shape index (κ1) is 20.5. The summed E-state index contributed by atoms with van der Waals surface area (Å²) in [4.78, 5) is 26.6. The summed E-state index contributed by atoms with van der Waals surface area (Å²) in [6.45, 7) is 9.82. The van der Waals surface area contributed by atoms with Crippen molar-refractivity contribution in [3.05, 3.63) is 24.3 Å². The Morgan fingerprint density at radius 3 is 2.50 bits per heavy atom. The van der Waals surface area contributed by atoms with E-state index in [1.165, 1.54) is 6.42 Å². The summed E-state index contributed by atoms with van der Waals surface area (Å²) in [5, 5.41) is 6.12. The quantitative estimate of drug-likeness (QED) is 0.809. The van der Waals surface area contributed by atoms with Gasteiger partial charge in [-0.1, -0.05) is 20.8 Å². The monoisotopic (exact) mass is 387 g/mol. The molecule has 1 aromatic rings. The molecule has 0 spiro atoms. The molecule has 1 aliphatic heterocycles. The summed E-state index contributed by atoms with van der Waals surface area (Å²) in [5.74, 6) is 1.43. The lowest BCUT2D eigenvalue weighted by atomic mass is 9.71. The zero-order valence-electron chi connectivity index (χ0n) is 17.5. The molecule has 2 fully saturated rings. The number of rotatable bonds is 5. The molecule has 1 saturated heterocycles. The van der Waals surface area contributed by atoms with Crippen LogP contribution in [0.25, 0.3) is 0 Å². The minimum Gasteiger partial charge on any atom is -0.494 e. The third-order valence-corrected chi connectivity index (χ3v) is 5.64. The first-order chi connectivity index (χ1) is 13.3. The predicted octanol–water partition coefficient (Wildman–Crippen LogP) is 3.70. The molecule has 1 aliphatic carbocycles. The molecule has 3 amide bonds. The van der Waals surface area contributed by atoms with E-state index in [1.807, 2.05) is 31.2 Å². The SMILES string of the molecule is CCOc1ccc(N2C[C@@H](NC(=O)N[C@H]3C[C@H](C)CC(C)(C)C3)CC2=O)cc1. The smallest absolute Gasteiger partial charge is 0.315 e. The van der Waals surface area contributed by atoms with Gasteiger partial charge in [-0.05, 0) is 61.8 Å². The second-order valence-electron chi connectivity index (χ2n) is 9.06. The number of amides is 3. The molecule has 2 aliphatic rings. The van der Waals surface area contributed by atoms with Crippen LogP contribution in [0.4, 0.5) is 10.5 Å². The molecule has 28 heavy (non-hydrogen) atoms. The molecule has 3 atom stereocenters. The number of hydrogen-bond acceptors (Lipinski definition) is 3. The summed E-state index contributed by atoms with van der Waals surface area (Å²) < 4.78 is 5.45. The van der Waals surface area contributed by atoms with Gasteiger partial charge in [-0.25, -0.2) is 4.79 Å². The number of ether oxygens (including phenoxy) is 1. The molecular formula is C22H33N3O3. The summed E-state index contributed by atoms with van der Waals surface area (Å²) in [5.41, 5.74) is 1.09. The van der Waals surface area contributed by atoms with Gasteiger partial charge in [-0.2, -0.15) is 0 Å². The van der Waals surface area contributed by atoms with E-state index in [4.69, 9.17) is 4.74 Å². The maximum Gasteiger partial charge on any atom is 0.315 e. The molecule has 6 heteroatoms. The number of urea groups is 1. The van der Waals surface area contributed by atoms with Gasteiger partial charge in [0.1, 0.15) is 5.75 Å². The van der Waals surface area contributed by atoms with Crippen LogP contribution in [0, 0.1) is 11.3 Å². The first-order valence-electron chi connectivity index (χ1n) is 10.4. The lowest BCUT2D eigenvalue weighted by Crippen LogP contribution is -2.50. The molecule has 2 N–H and O–H groups in total. The second-order valence-corrected chi connectivity index (χ2v) is 9.06. The highest BCUT2D eigenvalue weighted by atomic mass is 16.5. The number of carbonyl (C=O) groups is 2. The summed E-state index contributed by atoms with van der Waals surface area (Å²) in [6, 6.07) is 7.36. The number of benzene rings is 1. The van der Waals surface area contributed by atoms with Gasteiger partial charge in [0.05, 0.1) is 12.6 Å². The molecule has 154 valence electrons. The molecule has 3 rings (SSSR count). The van der Waals surface area contributed by atoms with Crippen LogP contribution in [0.3, 0.4) is 0 Å². The fourth-order valence-electron chi connectivity index (χ4n) is 4.81. The fraction of sp³-hybridized carbons (Fsp3) is 0.636. The highest BCUT2D eigenvalue weighted by Crippen LogP contribution is 2.38. The highest BCUT2D eigenvalue weighted by molar-refractivity contribution is 5.96. The maximum atomic E-state index is 12.5. The van der Waals surface area contributed by atoms with Gasteiger partial charge in [-0.15, -0.1) is 0 Å². The van der Waals surface area contributed by atoms with Gasteiger partial charge in [0.25, 0.3) is 0 Å². The van der Waals surface area contributed by atoms with Crippen molar-refractivity contribution in [3.8, 4) is 5.75 Å². The molecule has 0 unspecified atom stereocenters. The van der Waals surface area contributed by atoms with Crippen LogP contribution in [0.1, 0.15) is 53.4 Å². The zero-order chi connectivity index (χ0) is 20.3. The van der Waals surface area contributed by atoms with E-state index in [0.29, 0.717) is 25.5 Å². The first-order valence-corrected chi connectivity index (χ1v) is 10.4. The Balaban J connectivity index is 1.53. The largest absolute Gasteiger partial charge is 0.494 e. The third kappa shape index (κ3) is 5.18. The second kappa shape index (κ2) is 8.41. The van der Waals surface area contributed by atoms with Crippen LogP contribution in [0.2, 0.25) is 0 Å². The van der Waals surface area contributed by atoms with Crippen LogP contribution >= 0.6 is 0 Å². The minimum absolute atomic E-state index is 0.0295. The van der Waals surface area contributed by atoms with E-state index in [9.17, 15) is 9.59 Å². The molecule has 6 nitrogen and oxygen atoms in total. The van der Waals surface area contributed by atoms with E-state index < -0.39 is 0 Å². The Labute approximate surface area is 168 Å². The van der Waals surface area contributed by atoms with Crippen LogP contribution in [0.5, 0.6) is 5.75 Å². The average molecular weight is 388 g/mol. The van der Waals surface area contributed by atoms with Gasteiger partial charge in [-0.3, -0.25) is 4.79 Å². The molecule has 0 bridgehead atoms. The van der Waals surface area contributed by atoms with Crippen LogP contribution in [0.15, 0.2) is 24.3 Å². The summed E-state index contributed by atoms with van der Waals surface area (Å²) >= 11 is 0. The number of nitrogens with zero attached hydrogens (tertiary/aromatic N) is 1. The Kier molecular flexibility index (Phi) is 6.16. The standard InChI is InChI=1S/C22H33N3O3/c1-5-28-19-8-6-18(7-9-19)25-14-17(11-20(25)26)24-21(27)23-16-10-15(2)12-22(3,4)13-16/h6-9,15-17H,5,10-14H2,1-4H3,(H2,23,24,27)/t15-,16-,17-/m0/s1. The molecule has 0 aromatic heterocycles. The summed E-state index contributed by atoms with van der Waals surface area (Å²) in [6.07, 6.45) is 3.53. The molecule has 1 aromatic carbocycles. The van der Waals surface area contributed by atoms with Crippen molar-refractivity contribution >= 4 is 17.6 Å². The third-order valence-electron chi connectivity index (χ3n) is 5.64. The van der Waals surface area contributed by atoms with Gasteiger partial charge in [0.2, 0.25) is 5.91 Å². The topological polar surface area (TPSA) is 70.7 Å². The Morgan fingerprint density at radius 2 is 1.86 bits per heavy atom. The van der Waals surface area contributed by atoms with E-state index >= 15 is 0 Å². The van der Waals surface area contributed by atoms with Crippen LogP contribution in [-0.4, -0.2) is 37.2 Å². The fourth-order valence-corrected chi connectivity index (χ4v) is 4.81. The Hall–Kier alpha value is -2.24. The predicted molar refractivity (Wildman–Crippen MR) is 111 cm³/mol. The van der Waals surface area contributed by atoms with E-state index in [-0.39, 0.29) is 29.4 Å². The normalized spacial score (nSPS) is 26.8. The number of carbonyl (C=O) groups excluding carboxylic acids is 2. The van der Waals surface area contributed by atoms with Gasteiger partial charge in [0.15, 0.2) is 0 Å². The van der Waals surface area contributed by atoms with Crippen molar-refractivity contribution in [3.63, 3.8) is 0 Å².